The van der Waals surface area contributed by atoms with Gasteiger partial charge in [0.15, 0.2) is 0 Å². The van der Waals surface area contributed by atoms with E-state index in [1.165, 1.54) is 9.75 Å². The number of aryl methyl sites for hydroxylation is 1. The Hall–Kier alpha value is -1.46. The molecule has 0 bridgehead atoms. The van der Waals surface area contributed by atoms with E-state index in [9.17, 15) is 4.79 Å². The monoisotopic (exact) mass is 306 g/mol. The molecule has 0 fully saturated rings. The maximum atomic E-state index is 11.9. The van der Waals surface area contributed by atoms with Crippen molar-refractivity contribution in [3.05, 3.63) is 43.8 Å². The lowest BCUT2D eigenvalue weighted by Gasteiger charge is -1.98. The van der Waals surface area contributed by atoms with Crippen molar-refractivity contribution in [2.24, 2.45) is 5.10 Å². The molecular weight excluding hydrogens is 288 g/mol. The van der Waals surface area contributed by atoms with Crippen LogP contribution in [0, 0.1) is 0 Å². The molecule has 0 aromatic carbocycles. The van der Waals surface area contributed by atoms with E-state index in [-0.39, 0.29) is 5.91 Å². The highest BCUT2D eigenvalue weighted by Crippen LogP contribution is 2.23. The number of hydrogen-bond acceptors (Lipinski definition) is 4. The first-order valence-electron chi connectivity index (χ1n) is 6.60. The molecular formula is C15H18N2OS2. The van der Waals surface area contributed by atoms with Gasteiger partial charge in [-0.15, -0.1) is 22.7 Å². The van der Waals surface area contributed by atoms with Crippen LogP contribution in [-0.2, 0) is 6.42 Å². The molecule has 2 aromatic heterocycles. The predicted molar refractivity (Wildman–Crippen MR) is 87.2 cm³/mol. The van der Waals surface area contributed by atoms with Gasteiger partial charge < -0.3 is 0 Å². The van der Waals surface area contributed by atoms with Crippen molar-refractivity contribution in [2.45, 2.75) is 33.1 Å². The Bertz CT molecular complexity index is 611. The molecule has 0 radical (unpaired) electrons. The third-order valence-electron chi connectivity index (χ3n) is 2.84. The van der Waals surface area contributed by atoms with Crippen molar-refractivity contribution < 1.29 is 4.79 Å². The van der Waals surface area contributed by atoms with Gasteiger partial charge >= 0.3 is 0 Å². The summed E-state index contributed by atoms with van der Waals surface area (Å²) in [5.41, 5.74) is 3.25. The van der Waals surface area contributed by atoms with E-state index in [0.717, 1.165) is 11.3 Å². The average molecular weight is 306 g/mol. The van der Waals surface area contributed by atoms with Crippen LogP contribution in [0.4, 0.5) is 0 Å². The fourth-order valence-corrected chi connectivity index (χ4v) is 3.38. The molecule has 20 heavy (non-hydrogen) atoms. The summed E-state index contributed by atoms with van der Waals surface area (Å²) in [6.07, 6.45) is 2.72. The zero-order valence-corrected chi connectivity index (χ0v) is 13.5. The van der Waals surface area contributed by atoms with Gasteiger partial charge in [-0.25, -0.2) is 5.43 Å². The molecule has 2 heterocycles. The number of rotatable bonds is 5. The summed E-state index contributed by atoms with van der Waals surface area (Å²) in [5, 5.41) is 5.89. The number of hydrazone groups is 1. The minimum atomic E-state index is -0.156. The van der Waals surface area contributed by atoms with Gasteiger partial charge in [0, 0.05) is 20.0 Å². The third-order valence-corrected chi connectivity index (χ3v) is 5.24. The predicted octanol–water partition coefficient (Wildman–Crippen LogP) is 4.26. The van der Waals surface area contributed by atoms with Crippen LogP contribution in [0.2, 0.25) is 0 Å². The number of hydrogen-bond donors (Lipinski definition) is 1. The third kappa shape index (κ3) is 3.77. The van der Waals surface area contributed by atoms with Crippen molar-refractivity contribution in [3.8, 4) is 0 Å². The molecule has 1 amide bonds. The lowest BCUT2D eigenvalue weighted by molar-refractivity contribution is 0.0955. The molecule has 0 aliphatic carbocycles. The molecule has 5 heteroatoms. The van der Waals surface area contributed by atoms with Crippen LogP contribution < -0.4 is 5.43 Å². The largest absolute Gasteiger partial charge is 0.272 e. The molecule has 3 nitrogen and oxygen atoms in total. The summed E-state index contributed by atoms with van der Waals surface area (Å²) >= 11 is 3.30. The Morgan fingerprint density at radius 1 is 1.45 bits per heavy atom. The normalized spacial score (nSPS) is 11.4. The maximum absolute atomic E-state index is 11.9. The fourth-order valence-electron chi connectivity index (χ4n) is 1.65. The zero-order valence-electron chi connectivity index (χ0n) is 11.8. The molecule has 0 spiro atoms. The summed E-state index contributed by atoms with van der Waals surface area (Å²) in [6.45, 7) is 6.36. The second kappa shape index (κ2) is 6.81. The van der Waals surface area contributed by atoms with E-state index in [1.807, 2.05) is 17.5 Å². The molecule has 0 saturated heterocycles. The Morgan fingerprint density at radius 3 is 2.85 bits per heavy atom. The molecule has 2 aromatic rings. The van der Waals surface area contributed by atoms with Crippen molar-refractivity contribution in [1.29, 1.82) is 0 Å². The maximum Gasteiger partial charge on any atom is 0.272 e. The van der Waals surface area contributed by atoms with Crippen molar-refractivity contribution in [1.82, 2.24) is 5.43 Å². The molecule has 0 saturated carbocycles. The van der Waals surface area contributed by atoms with Gasteiger partial charge in [0.25, 0.3) is 5.91 Å². The summed E-state index contributed by atoms with van der Waals surface area (Å²) < 4.78 is 0. The SMILES string of the molecule is CCc1ccc(C=NNC(=O)c2csc(C(C)C)c2)s1. The first kappa shape index (κ1) is 14.9. The van der Waals surface area contributed by atoms with E-state index in [0.29, 0.717) is 11.5 Å². The van der Waals surface area contributed by atoms with Gasteiger partial charge in [-0.3, -0.25) is 4.79 Å². The Labute approximate surface area is 127 Å². The smallest absolute Gasteiger partial charge is 0.267 e. The number of carbonyl (C=O) groups is 1. The average Bonchev–Trinajstić information content (AvgIpc) is 3.07. The van der Waals surface area contributed by atoms with E-state index >= 15 is 0 Å². The minimum Gasteiger partial charge on any atom is -0.267 e. The molecule has 0 unspecified atom stereocenters. The summed E-state index contributed by atoms with van der Waals surface area (Å²) in [7, 11) is 0. The standard InChI is InChI=1S/C15H18N2OS2/c1-4-12-5-6-13(20-12)8-16-17-15(18)11-7-14(10(2)3)19-9-11/h5-10H,4H2,1-3H3,(H,17,18). The van der Waals surface area contributed by atoms with E-state index in [2.05, 4.69) is 37.4 Å². The van der Waals surface area contributed by atoms with Crippen molar-refractivity contribution >= 4 is 34.8 Å². The second-order valence-electron chi connectivity index (χ2n) is 4.75. The van der Waals surface area contributed by atoms with E-state index in [4.69, 9.17) is 0 Å². The van der Waals surface area contributed by atoms with Gasteiger partial charge in [0.2, 0.25) is 0 Å². The fraction of sp³-hybridized carbons (Fsp3) is 0.333. The topological polar surface area (TPSA) is 41.5 Å². The van der Waals surface area contributed by atoms with E-state index < -0.39 is 0 Å². The quantitative estimate of drug-likeness (QED) is 0.651. The van der Waals surface area contributed by atoms with Crippen LogP contribution in [-0.4, -0.2) is 12.1 Å². The summed E-state index contributed by atoms with van der Waals surface area (Å²) in [5.74, 6) is 0.292. The van der Waals surface area contributed by atoms with Gasteiger partial charge in [0.1, 0.15) is 0 Å². The van der Waals surface area contributed by atoms with Gasteiger partial charge in [-0.2, -0.15) is 5.10 Å². The van der Waals surface area contributed by atoms with Gasteiger partial charge in [0.05, 0.1) is 11.8 Å². The first-order valence-corrected chi connectivity index (χ1v) is 8.30. The van der Waals surface area contributed by atoms with Gasteiger partial charge in [-0.05, 0) is 30.5 Å². The number of nitrogens with zero attached hydrogens (tertiary/aromatic N) is 1. The zero-order chi connectivity index (χ0) is 14.5. The molecule has 0 aliphatic rings. The highest BCUT2D eigenvalue weighted by Gasteiger charge is 2.09. The first-order chi connectivity index (χ1) is 9.60. The van der Waals surface area contributed by atoms with Crippen molar-refractivity contribution in [3.63, 3.8) is 0 Å². The molecule has 0 atom stereocenters. The second-order valence-corrected chi connectivity index (χ2v) is 6.89. The van der Waals surface area contributed by atoms with Crippen LogP contribution in [0.3, 0.4) is 0 Å². The van der Waals surface area contributed by atoms with Crippen molar-refractivity contribution in [2.75, 3.05) is 0 Å². The van der Waals surface area contributed by atoms with Crippen LogP contribution in [0.15, 0.2) is 28.7 Å². The Kier molecular flexibility index (Phi) is 5.09. The number of amides is 1. The van der Waals surface area contributed by atoms with Crippen LogP contribution in [0.1, 0.15) is 51.7 Å². The number of thiophene rings is 2. The highest BCUT2D eigenvalue weighted by molar-refractivity contribution is 7.13. The highest BCUT2D eigenvalue weighted by atomic mass is 32.1. The molecule has 1 N–H and O–H groups in total. The lowest BCUT2D eigenvalue weighted by Crippen LogP contribution is -2.16. The van der Waals surface area contributed by atoms with Crippen LogP contribution >= 0.6 is 22.7 Å². The van der Waals surface area contributed by atoms with Crippen LogP contribution in [0.5, 0.6) is 0 Å². The molecule has 2 rings (SSSR count). The summed E-state index contributed by atoms with van der Waals surface area (Å²) in [4.78, 5) is 15.5. The summed E-state index contributed by atoms with van der Waals surface area (Å²) in [6, 6.07) is 6.03. The molecule has 106 valence electrons. The van der Waals surface area contributed by atoms with Gasteiger partial charge in [-0.1, -0.05) is 20.8 Å². The Balaban J connectivity index is 1.94. The number of carbonyl (C=O) groups excluding carboxylic acids is 1. The number of nitrogens with one attached hydrogen (secondary N) is 1. The lowest BCUT2D eigenvalue weighted by atomic mass is 10.1. The molecule has 0 aliphatic heterocycles. The Morgan fingerprint density at radius 2 is 2.25 bits per heavy atom. The van der Waals surface area contributed by atoms with E-state index in [1.54, 1.807) is 28.9 Å². The van der Waals surface area contributed by atoms with Crippen LogP contribution in [0.25, 0.3) is 0 Å². The minimum absolute atomic E-state index is 0.156.